The molecule has 0 unspecified atom stereocenters. The molecule has 0 spiro atoms. The molecule has 1 aliphatic carbocycles. The number of aliphatic imine (C=N–C) groups is 1. The molecular weight excluding hydrogens is 349 g/mol. The molecule has 0 aromatic heterocycles. The summed E-state index contributed by atoms with van der Waals surface area (Å²) in [5.74, 6) is 1.42. The number of hydrogen-bond donors (Lipinski definition) is 2. The fourth-order valence-electron chi connectivity index (χ4n) is 2.16. The second kappa shape index (κ2) is 8.40. The lowest BCUT2D eigenvalue weighted by Gasteiger charge is -2.24. The van der Waals surface area contributed by atoms with E-state index in [0.717, 1.165) is 24.6 Å². The highest BCUT2D eigenvalue weighted by Crippen LogP contribution is 2.29. The minimum atomic E-state index is 0. The lowest BCUT2D eigenvalue weighted by molar-refractivity contribution is 0.300. The highest BCUT2D eigenvalue weighted by atomic mass is 127. The Hall–Kier alpha value is -0.780. The number of hydrogen-bond acceptors (Lipinski definition) is 1. The summed E-state index contributed by atoms with van der Waals surface area (Å²) in [6.07, 6.45) is 6.39. The molecule has 0 bridgehead atoms. The second-order valence-electron chi connectivity index (χ2n) is 5.03. The van der Waals surface area contributed by atoms with Gasteiger partial charge in [0.2, 0.25) is 0 Å². The molecule has 0 radical (unpaired) electrons. The van der Waals surface area contributed by atoms with Gasteiger partial charge >= 0.3 is 0 Å². The average Bonchev–Trinajstić information content (AvgIpc) is 2.33. The minimum Gasteiger partial charge on any atom is -0.370 e. The van der Waals surface area contributed by atoms with Crippen LogP contribution < -0.4 is 11.1 Å². The van der Waals surface area contributed by atoms with Gasteiger partial charge in [0, 0.05) is 12.2 Å². The minimum absolute atomic E-state index is 0. The van der Waals surface area contributed by atoms with E-state index in [1.807, 2.05) is 12.1 Å². The van der Waals surface area contributed by atoms with E-state index in [1.54, 1.807) is 0 Å². The first-order chi connectivity index (χ1) is 8.78. The van der Waals surface area contributed by atoms with Gasteiger partial charge in [-0.15, -0.1) is 24.0 Å². The molecule has 1 aromatic rings. The van der Waals surface area contributed by atoms with Gasteiger partial charge in [-0.2, -0.15) is 0 Å². The van der Waals surface area contributed by atoms with E-state index in [0.29, 0.717) is 5.96 Å². The number of nitrogens with one attached hydrogen (secondary N) is 1. The number of nitrogens with two attached hydrogens (primary N) is 1. The molecule has 1 aliphatic rings. The van der Waals surface area contributed by atoms with Crippen LogP contribution in [0.5, 0.6) is 0 Å². The molecule has 0 atom stereocenters. The SMILES string of the molecule is CCc1ccc(NC(N)=NCCC2CCC2)cc1.I. The molecule has 1 aromatic carbocycles. The third-order valence-corrected chi connectivity index (χ3v) is 3.68. The number of anilines is 1. The van der Waals surface area contributed by atoms with Crippen molar-refractivity contribution in [1.29, 1.82) is 0 Å². The maximum atomic E-state index is 5.86. The fraction of sp³-hybridized carbons (Fsp3) is 0.533. The Balaban J connectivity index is 0.00000180. The van der Waals surface area contributed by atoms with E-state index in [1.165, 1.54) is 31.2 Å². The first kappa shape index (κ1) is 16.3. The van der Waals surface area contributed by atoms with Gasteiger partial charge < -0.3 is 11.1 Å². The van der Waals surface area contributed by atoms with Gasteiger partial charge in [-0.1, -0.05) is 38.3 Å². The highest BCUT2D eigenvalue weighted by Gasteiger charge is 2.16. The van der Waals surface area contributed by atoms with Crippen molar-refractivity contribution in [3.63, 3.8) is 0 Å². The molecule has 2 rings (SSSR count). The van der Waals surface area contributed by atoms with Gasteiger partial charge in [-0.05, 0) is 36.5 Å². The van der Waals surface area contributed by atoms with Crippen molar-refractivity contribution in [3.05, 3.63) is 29.8 Å². The van der Waals surface area contributed by atoms with Crippen molar-refractivity contribution in [2.24, 2.45) is 16.6 Å². The Morgan fingerprint density at radius 1 is 1.32 bits per heavy atom. The van der Waals surface area contributed by atoms with E-state index in [9.17, 15) is 0 Å². The summed E-state index contributed by atoms with van der Waals surface area (Å²) in [6, 6.07) is 8.33. The third-order valence-electron chi connectivity index (χ3n) is 3.68. The zero-order chi connectivity index (χ0) is 12.8. The fourth-order valence-corrected chi connectivity index (χ4v) is 2.16. The van der Waals surface area contributed by atoms with Crippen molar-refractivity contribution in [3.8, 4) is 0 Å². The normalized spacial score (nSPS) is 15.5. The first-order valence-corrected chi connectivity index (χ1v) is 6.94. The van der Waals surface area contributed by atoms with Crippen LogP contribution in [0.15, 0.2) is 29.3 Å². The number of benzene rings is 1. The summed E-state index contributed by atoms with van der Waals surface area (Å²) in [5.41, 5.74) is 8.21. The molecule has 1 fully saturated rings. The van der Waals surface area contributed by atoms with Crippen LogP contribution in [-0.4, -0.2) is 12.5 Å². The van der Waals surface area contributed by atoms with E-state index < -0.39 is 0 Å². The van der Waals surface area contributed by atoms with Crippen LogP contribution in [0.3, 0.4) is 0 Å². The summed E-state index contributed by atoms with van der Waals surface area (Å²) in [7, 11) is 0. The number of halogens is 1. The van der Waals surface area contributed by atoms with E-state index in [-0.39, 0.29) is 24.0 Å². The lowest BCUT2D eigenvalue weighted by atomic mass is 9.83. The Bertz CT molecular complexity index is 396. The third kappa shape index (κ3) is 5.38. The van der Waals surface area contributed by atoms with Gasteiger partial charge in [-0.3, -0.25) is 4.99 Å². The summed E-state index contributed by atoms with van der Waals surface area (Å²) < 4.78 is 0. The summed E-state index contributed by atoms with van der Waals surface area (Å²) in [4.78, 5) is 4.37. The number of rotatable bonds is 5. The smallest absolute Gasteiger partial charge is 0.193 e. The zero-order valence-corrected chi connectivity index (χ0v) is 13.9. The first-order valence-electron chi connectivity index (χ1n) is 6.94. The van der Waals surface area contributed by atoms with Gasteiger partial charge in [0.1, 0.15) is 0 Å². The van der Waals surface area contributed by atoms with E-state index >= 15 is 0 Å². The Kier molecular flexibility index (Phi) is 7.20. The quantitative estimate of drug-likeness (QED) is 0.469. The average molecular weight is 373 g/mol. The van der Waals surface area contributed by atoms with Crippen molar-refractivity contribution in [2.75, 3.05) is 11.9 Å². The van der Waals surface area contributed by atoms with Crippen LogP contribution in [0, 0.1) is 5.92 Å². The van der Waals surface area contributed by atoms with Crippen LogP contribution in [0.25, 0.3) is 0 Å². The maximum Gasteiger partial charge on any atom is 0.193 e. The summed E-state index contributed by atoms with van der Waals surface area (Å²) >= 11 is 0. The molecule has 0 heterocycles. The summed E-state index contributed by atoms with van der Waals surface area (Å²) in [5, 5.41) is 3.13. The van der Waals surface area contributed by atoms with Gasteiger partial charge in [0.25, 0.3) is 0 Å². The van der Waals surface area contributed by atoms with Crippen LogP contribution in [0.4, 0.5) is 5.69 Å². The Morgan fingerprint density at radius 3 is 2.53 bits per heavy atom. The lowest BCUT2D eigenvalue weighted by Crippen LogP contribution is -2.23. The van der Waals surface area contributed by atoms with E-state index in [2.05, 4.69) is 29.4 Å². The number of guanidine groups is 1. The van der Waals surface area contributed by atoms with Crippen LogP contribution in [0.1, 0.15) is 38.2 Å². The molecule has 3 N–H and O–H groups in total. The van der Waals surface area contributed by atoms with E-state index in [4.69, 9.17) is 5.73 Å². The highest BCUT2D eigenvalue weighted by molar-refractivity contribution is 14.0. The monoisotopic (exact) mass is 373 g/mol. The van der Waals surface area contributed by atoms with Crippen LogP contribution >= 0.6 is 24.0 Å². The molecule has 0 amide bonds. The molecule has 106 valence electrons. The van der Waals surface area contributed by atoms with Crippen molar-refractivity contribution in [1.82, 2.24) is 0 Å². The van der Waals surface area contributed by atoms with Crippen LogP contribution in [0.2, 0.25) is 0 Å². The molecule has 4 heteroatoms. The second-order valence-corrected chi connectivity index (χ2v) is 5.03. The van der Waals surface area contributed by atoms with Crippen molar-refractivity contribution >= 4 is 35.6 Å². The van der Waals surface area contributed by atoms with Crippen molar-refractivity contribution in [2.45, 2.75) is 39.0 Å². The topological polar surface area (TPSA) is 50.4 Å². The molecule has 19 heavy (non-hydrogen) atoms. The predicted octanol–water partition coefficient (Wildman–Crippen LogP) is 3.78. The predicted molar refractivity (Wildman–Crippen MR) is 93.3 cm³/mol. The van der Waals surface area contributed by atoms with Gasteiger partial charge in [0.05, 0.1) is 0 Å². The standard InChI is InChI=1S/C15H23N3.HI/c1-2-12-6-8-14(9-7-12)18-15(16)17-11-10-13-4-3-5-13;/h6-9,13H,2-5,10-11H2,1H3,(H3,16,17,18);1H. The largest absolute Gasteiger partial charge is 0.370 e. The molecule has 0 saturated heterocycles. The Morgan fingerprint density at radius 2 is 2.00 bits per heavy atom. The number of aryl methyl sites for hydroxylation is 1. The maximum absolute atomic E-state index is 5.86. The van der Waals surface area contributed by atoms with Gasteiger partial charge in [0.15, 0.2) is 5.96 Å². The summed E-state index contributed by atoms with van der Waals surface area (Å²) in [6.45, 7) is 3.00. The Labute approximate surface area is 133 Å². The van der Waals surface area contributed by atoms with Gasteiger partial charge in [-0.25, -0.2) is 0 Å². The van der Waals surface area contributed by atoms with Crippen molar-refractivity contribution < 1.29 is 0 Å². The molecule has 1 saturated carbocycles. The molecular formula is C15H24IN3. The molecule has 3 nitrogen and oxygen atoms in total. The molecule has 0 aliphatic heterocycles. The number of nitrogens with zero attached hydrogens (tertiary/aromatic N) is 1. The zero-order valence-electron chi connectivity index (χ0n) is 11.6. The van der Waals surface area contributed by atoms with Crippen LogP contribution in [-0.2, 0) is 6.42 Å².